The SMILES string of the molecule is Nc1nnc(CCCC2C3CC4CC(C3)CC2C4)o1. The van der Waals surface area contributed by atoms with E-state index in [4.69, 9.17) is 10.2 Å². The molecule has 0 unspecified atom stereocenters. The van der Waals surface area contributed by atoms with E-state index < -0.39 is 0 Å². The van der Waals surface area contributed by atoms with Gasteiger partial charge in [-0.05, 0) is 74.5 Å². The Morgan fingerprint density at radius 3 is 2.26 bits per heavy atom. The molecule has 4 aliphatic rings. The van der Waals surface area contributed by atoms with Gasteiger partial charge in [-0.3, -0.25) is 0 Å². The van der Waals surface area contributed by atoms with Gasteiger partial charge in [0.05, 0.1) is 0 Å². The first-order valence-corrected chi connectivity index (χ1v) is 7.86. The van der Waals surface area contributed by atoms with Crippen molar-refractivity contribution in [3.63, 3.8) is 0 Å². The van der Waals surface area contributed by atoms with Crippen LogP contribution in [0.4, 0.5) is 6.01 Å². The molecule has 19 heavy (non-hydrogen) atoms. The molecule has 0 radical (unpaired) electrons. The van der Waals surface area contributed by atoms with E-state index in [9.17, 15) is 0 Å². The molecule has 0 atom stereocenters. The normalized spacial score (nSPS) is 39.9. The van der Waals surface area contributed by atoms with Crippen molar-refractivity contribution in [1.82, 2.24) is 10.2 Å². The van der Waals surface area contributed by atoms with Crippen LogP contribution < -0.4 is 5.73 Å². The summed E-state index contributed by atoms with van der Waals surface area (Å²) in [6.45, 7) is 0. The Labute approximate surface area is 114 Å². The fourth-order valence-electron chi connectivity index (χ4n) is 5.37. The monoisotopic (exact) mass is 261 g/mol. The third kappa shape index (κ3) is 2.15. The van der Waals surface area contributed by atoms with E-state index in [-0.39, 0.29) is 6.01 Å². The molecule has 0 saturated heterocycles. The summed E-state index contributed by atoms with van der Waals surface area (Å²) >= 11 is 0. The lowest BCUT2D eigenvalue weighted by atomic mass is 9.51. The van der Waals surface area contributed by atoms with Gasteiger partial charge in [0.25, 0.3) is 0 Å². The lowest BCUT2D eigenvalue weighted by molar-refractivity contribution is -0.0403. The minimum absolute atomic E-state index is 0.199. The standard InChI is InChI=1S/C15H23N3O/c16-15-18-17-14(19-15)3-1-2-13-11-5-9-4-10(7-11)8-12(13)6-9/h9-13H,1-8H2,(H2,16,18). The summed E-state index contributed by atoms with van der Waals surface area (Å²) in [4.78, 5) is 0. The second-order valence-corrected chi connectivity index (χ2v) is 7.02. The molecule has 104 valence electrons. The maximum absolute atomic E-state index is 5.45. The minimum Gasteiger partial charge on any atom is -0.408 e. The topological polar surface area (TPSA) is 64.9 Å². The van der Waals surface area contributed by atoms with Crippen LogP contribution in [0.2, 0.25) is 0 Å². The van der Waals surface area contributed by atoms with Crippen molar-refractivity contribution in [1.29, 1.82) is 0 Å². The van der Waals surface area contributed by atoms with Gasteiger partial charge in [0.2, 0.25) is 5.89 Å². The molecule has 1 heterocycles. The van der Waals surface area contributed by atoms with E-state index in [0.29, 0.717) is 5.89 Å². The molecular weight excluding hydrogens is 238 g/mol. The van der Waals surface area contributed by atoms with Gasteiger partial charge in [-0.2, -0.15) is 0 Å². The highest BCUT2D eigenvalue weighted by Crippen LogP contribution is 2.57. The Kier molecular flexibility index (Phi) is 2.78. The van der Waals surface area contributed by atoms with Crippen LogP contribution in [0.3, 0.4) is 0 Å². The summed E-state index contributed by atoms with van der Waals surface area (Å²) in [5, 5.41) is 7.66. The van der Waals surface area contributed by atoms with Crippen LogP contribution in [-0.2, 0) is 6.42 Å². The molecule has 0 spiro atoms. The molecular formula is C15H23N3O. The zero-order valence-electron chi connectivity index (χ0n) is 11.4. The summed E-state index contributed by atoms with van der Waals surface area (Å²) < 4.78 is 5.25. The van der Waals surface area contributed by atoms with Crippen LogP contribution in [0.1, 0.15) is 50.8 Å². The summed E-state index contributed by atoms with van der Waals surface area (Å²) in [7, 11) is 0. The molecule has 1 aromatic rings. The minimum atomic E-state index is 0.199. The Balaban J connectivity index is 1.33. The van der Waals surface area contributed by atoms with Crippen molar-refractivity contribution in [2.24, 2.45) is 29.6 Å². The Bertz CT molecular complexity index is 428. The van der Waals surface area contributed by atoms with Gasteiger partial charge in [0.1, 0.15) is 0 Å². The van der Waals surface area contributed by atoms with Crippen molar-refractivity contribution in [3.05, 3.63) is 5.89 Å². The van der Waals surface area contributed by atoms with Crippen LogP contribution in [-0.4, -0.2) is 10.2 Å². The van der Waals surface area contributed by atoms with E-state index in [1.54, 1.807) is 6.42 Å². The maximum Gasteiger partial charge on any atom is 0.312 e. The summed E-state index contributed by atoms with van der Waals surface area (Å²) in [5.41, 5.74) is 5.45. The predicted octanol–water partition coefficient (Wildman–Crippen LogP) is 3.05. The molecule has 4 nitrogen and oxygen atoms in total. The Morgan fingerprint density at radius 2 is 1.68 bits per heavy atom. The van der Waals surface area contributed by atoms with Crippen LogP contribution in [0.15, 0.2) is 4.42 Å². The molecule has 4 bridgehead atoms. The highest BCUT2D eigenvalue weighted by Gasteiger charge is 2.47. The van der Waals surface area contributed by atoms with Crippen LogP contribution in [0, 0.1) is 29.6 Å². The van der Waals surface area contributed by atoms with E-state index >= 15 is 0 Å². The largest absolute Gasteiger partial charge is 0.408 e. The summed E-state index contributed by atoms with van der Waals surface area (Å²) in [6.07, 6.45) is 11.0. The average molecular weight is 261 g/mol. The van der Waals surface area contributed by atoms with Crippen molar-refractivity contribution in [2.75, 3.05) is 5.73 Å². The van der Waals surface area contributed by atoms with E-state index in [1.165, 1.54) is 38.5 Å². The molecule has 4 saturated carbocycles. The Morgan fingerprint density at radius 1 is 1.00 bits per heavy atom. The van der Waals surface area contributed by atoms with Crippen LogP contribution >= 0.6 is 0 Å². The van der Waals surface area contributed by atoms with Gasteiger partial charge in [0.15, 0.2) is 0 Å². The first kappa shape index (κ1) is 11.7. The van der Waals surface area contributed by atoms with Crippen LogP contribution in [0.25, 0.3) is 0 Å². The highest BCUT2D eigenvalue weighted by molar-refractivity contribution is 5.05. The van der Waals surface area contributed by atoms with Gasteiger partial charge in [-0.1, -0.05) is 5.10 Å². The molecule has 0 aromatic carbocycles. The quantitative estimate of drug-likeness (QED) is 0.904. The maximum atomic E-state index is 5.45. The zero-order valence-corrected chi connectivity index (χ0v) is 11.4. The van der Waals surface area contributed by atoms with Gasteiger partial charge in [-0.25, -0.2) is 0 Å². The number of nitrogens with zero attached hydrogens (tertiary/aromatic N) is 2. The summed E-state index contributed by atoms with van der Waals surface area (Å²) in [5.74, 6) is 5.91. The van der Waals surface area contributed by atoms with E-state index in [2.05, 4.69) is 10.2 Å². The average Bonchev–Trinajstić information content (AvgIpc) is 2.78. The number of hydrogen-bond donors (Lipinski definition) is 1. The van der Waals surface area contributed by atoms with Gasteiger partial charge < -0.3 is 10.2 Å². The fourth-order valence-corrected chi connectivity index (χ4v) is 5.37. The fraction of sp³-hybridized carbons (Fsp3) is 0.867. The number of aromatic nitrogens is 2. The van der Waals surface area contributed by atoms with Crippen molar-refractivity contribution in [3.8, 4) is 0 Å². The van der Waals surface area contributed by atoms with Gasteiger partial charge >= 0.3 is 6.01 Å². The number of nitrogen functional groups attached to an aromatic ring is 1. The second kappa shape index (κ2) is 4.50. The third-order valence-corrected chi connectivity index (χ3v) is 5.83. The molecule has 4 fully saturated rings. The molecule has 0 aliphatic heterocycles. The highest BCUT2D eigenvalue weighted by atomic mass is 16.4. The first-order chi connectivity index (χ1) is 9.28. The lowest BCUT2D eigenvalue weighted by Gasteiger charge is -2.54. The molecule has 4 heteroatoms. The molecule has 1 aromatic heterocycles. The molecule has 5 rings (SSSR count). The number of anilines is 1. The number of hydrogen-bond acceptors (Lipinski definition) is 4. The number of nitrogens with two attached hydrogens (primary N) is 1. The zero-order chi connectivity index (χ0) is 12.8. The predicted molar refractivity (Wildman–Crippen MR) is 72.2 cm³/mol. The third-order valence-electron chi connectivity index (χ3n) is 5.83. The van der Waals surface area contributed by atoms with E-state index in [1.807, 2.05) is 0 Å². The van der Waals surface area contributed by atoms with E-state index in [0.717, 1.165) is 36.0 Å². The molecule has 2 N–H and O–H groups in total. The van der Waals surface area contributed by atoms with Crippen LogP contribution in [0.5, 0.6) is 0 Å². The molecule has 4 aliphatic carbocycles. The summed E-state index contributed by atoms with van der Waals surface area (Å²) in [6, 6.07) is 0.199. The first-order valence-electron chi connectivity index (χ1n) is 7.86. The van der Waals surface area contributed by atoms with Crippen molar-refractivity contribution in [2.45, 2.75) is 51.4 Å². The van der Waals surface area contributed by atoms with Crippen molar-refractivity contribution < 1.29 is 4.42 Å². The smallest absolute Gasteiger partial charge is 0.312 e. The van der Waals surface area contributed by atoms with Gasteiger partial charge in [-0.15, -0.1) is 5.10 Å². The molecule has 0 amide bonds. The Hall–Kier alpha value is -1.06. The second-order valence-electron chi connectivity index (χ2n) is 7.02. The van der Waals surface area contributed by atoms with Gasteiger partial charge in [0, 0.05) is 6.42 Å². The lowest BCUT2D eigenvalue weighted by Crippen LogP contribution is -2.45. The van der Waals surface area contributed by atoms with Crippen molar-refractivity contribution >= 4 is 6.01 Å². The number of rotatable bonds is 4. The number of aryl methyl sites for hydroxylation is 1.